The molecule has 2 N–H and O–H groups in total. The number of hydrogen-bond donors (Lipinski definition) is 2. The standard InChI is InChI=1S/C16H18N6O4S/c1-16(2,3)21-27(24,25)13-7-6-12(26-13)15(23)20-11-5-4-8-18-14(11)22-10-17-9-19-22/h4-10,21H,1-3H3,(H,20,23). The molecule has 0 bridgehead atoms. The van der Waals surface area contributed by atoms with Crippen LogP contribution in [-0.4, -0.2) is 39.6 Å². The first-order valence-corrected chi connectivity index (χ1v) is 9.39. The van der Waals surface area contributed by atoms with E-state index in [0.717, 1.165) is 0 Å². The monoisotopic (exact) mass is 390 g/mol. The maximum absolute atomic E-state index is 12.5. The Balaban J connectivity index is 1.82. The van der Waals surface area contributed by atoms with Crippen molar-refractivity contribution in [1.29, 1.82) is 0 Å². The van der Waals surface area contributed by atoms with E-state index in [1.165, 1.54) is 29.5 Å². The summed E-state index contributed by atoms with van der Waals surface area (Å²) >= 11 is 0. The predicted octanol–water partition coefficient (Wildman–Crippen LogP) is 1.58. The summed E-state index contributed by atoms with van der Waals surface area (Å²) in [4.78, 5) is 20.5. The van der Waals surface area contributed by atoms with E-state index in [9.17, 15) is 13.2 Å². The molecule has 3 rings (SSSR count). The van der Waals surface area contributed by atoms with Gasteiger partial charge in [0.1, 0.15) is 12.7 Å². The van der Waals surface area contributed by atoms with E-state index >= 15 is 0 Å². The average molecular weight is 390 g/mol. The van der Waals surface area contributed by atoms with E-state index in [1.54, 1.807) is 39.1 Å². The van der Waals surface area contributed by atoms with Gasteiger partial charge in [-0.2, -0.15) is 5.10 Å². The Morgan fingerprint density at radius 1 is 1.22 bits per heavy atom. The summed E-state index contributed by atoms with van der Waals surface area (Å²) in [6.07, 6.45) is 4.32. The summed E-state index contributed by atoms with van der Waals surface area (Å²) in [5.41, 5.74) is -0.321. The molecule has 142 valence electrons. The fraction of sp³-hybridized carbons (Fsp3) is 0.250. The molecule has 27 heavy (non-hydrogen) atoms. The highest BCUT2D eigenvalue weighted by Crippen LogP contribution is 2.20. The number of nitrogens with one attached hydrogen (secondary N) is 2. The highest BCUT2D eigenvalue weighted by Gasteiger charge is 2.26. The summed E-state index contributed by atoms with van der Waals surface area (Å²) < 4.78 is 33.7. The molecular formula is C16H18N6O4S. The number of furan rings is 1. The minimum absolute atomic E-state index is 0.155. The highest BCUT2D eigenvalue weighted by atomic mass is 32.2. The Bertz CT molecular complexity index is 1050. The van der Waals surface area contributed by atoms with Crippen LogP contribution in [-0.2, 0) is 10.0 Å². The Hall–Kier alpha value is -3.05. The maximum atomic E-state index is 12.5. The summed E-state index contributed by atoms with van der Waals surface area (Å²) in [6.45, 7) is 5.11. The van der Waals surface area contributed by atoms with Crippen LogP contribution in [0.2, 0.25) is 0 Å². The van der Waals surface area contributed by atoms with Crippen LogP contribution >= 0.6 is 0 Å². The number of pyridine rings is 1. The van der Waals surface area contributed by atoms with Crippen molar-refractivity contribution in [1.82, 2.24) is 24.5 Å². The van der Waals surface area contributed by atoms with E-state index in [-0.39, 0.29) is 10.9 Å². The third kappa shape index (κ3) is 4.38. The van der Waals surface area contributed by atoms with Gasteiger partial charge in [-0.3, -0.25) is 4.79 Å². The normalized spacial score (nSPS) is 12.1. The molecule has 0 aromatic carbocycles. The number of carbonyl (C=O) groups excluding carboxylic acids is 1. The van der Waals surface area contributed by atoms with Gasteiger partial charge >= 0.3 is 0 Å². The molecule has 10 nitrogen and oxygen atoms in total. The molecule has 0 aliphatic rings. The Morgan fingerprint density at radius 2 is 2.00 bits per heavy atom. The second-order valence-corrected chi connectivity index (χ2v) is 8.26. The van der Waals surface area contributed by atoms with Gasteiger partial charge in [0.15, 0.2) is 11.6 Å². The van der Waals surface area contributed by atoms with Crippen molar-refractivity contribution < 1.29 is 17.6 Å². The zero-order valence-electron chi connectivity index (χ0n) is 14.9. The van der Waals surface area contributed by atoms with Crippen LogP contribution in [0, 0.1) is 0 Å². The van der Waals surface area contributed by atoms with Crippen molar-refractivity contribution in [3.05, 3.63) is 48.9 Å². The first kappa shape index (κ1) is 18.7. The lowest BCUT2D eigenvalue weighted by atomic mass is 10.1. The Kier molecular flexibility index (Phi) is 4.81. The molecule has 1 amide bonds. The third-order valence-corrected chi connectivity index (χ3v) is 4.81. The van der Waals surface area contributed by atoms with E-state index in [2.05, 4.69) is 25.1 Å². The fourth-order valence-electron chi connectivity index (χ4n) is 2.22. The molecule has 0 spiro atoms. The van der Waals surface area contributed by atoms with E-state index in [0.29, 0.717) is 11.5 Å². The third-order valence-electron chi connectivity index (χ3n) is 3.18. The van der Waals surface area contributed by atoms with Crippen LogP contribution in [0.1, 0.15) is 31.3 Å². The molecule has 0 radical (unpaired) electrons. The van der Waals surface area contributed by atoms with Gasteiger partial charge in [0.05, 0.1) is 5.69 Å². The minimum atomic E-state index is -3.88. The van der Waals surface area contributed by atoms with Crippen LogP contribution < -0.4 is 10.0 Å². The summed E-state index contributed by atoms with van der Waals surface area (Å²) in [5.74, 6) is -0.420. The average Bonchev–Trinajstić information content (AvgIpc) is 3.25. The van der Waals surface area contributed by atoms with Gasteiger partial charge in [-0.25, -0.2) is 27.8 Å². The molecule has 0 saturated heterocycles. The molecular weight excluding hydrogens is 372 g/mol. The SMILES string of the molecule is CC(C)(C)NS(=O)(=O)c1ccc(C(=O)Nc2cccnc2-n2cncn2)o1. The van der Waals surface area contributed by atoms with E-state index in [4.69, 9.17) is 4.42 Å². The van der Waals surface area contributed by atoms with Gasteiger partial charge in [0.25, 0.3) is 15.9 Å². The highest BCUT2D eigenvalue weighted by molar-refractivity contribution is 7.89. The molecule has 0 fully saturated rings. The number of carbonyl (C=O) groups is 1. The zero-order chi connectivity index (χ0) is 19.7. The molecule has 3 aromatic rings. The molecule has 3 aromatic heterocycles. The van der Waals surface area contributed by atoms with E-state index < -0.39 is 21.5 Å². The van der Waals surface area contributed by atoms with Crippen molar-refractivity contribution >= 4 is 21.6 Å². The van der Waals surface area contributed by atoms with Gasteiger partial charge < -0.3 is 9.73 Å². The number of hydrogen-bond acceptors (Lipinski definition) is 7. The number of aromatic nitrogens is 4. The van der Waals surface area contributed by atoms with Crippen LogP contribution in [0.15, 0.2) is 52.6 Å². The topological polar surface area (TPSA) is 132 Å². The van der Waals surface area contributed by atoms with Crippen LogP contribution in [0.5, 0.6) is 0 Å². The zero-order valence-corrected chi connectivity index (χ0v) is 15.7. The van der Waals surface area contributed by atoms with Gasteiger partial charge in [-0.05, 0) is 45.0 Å². The number of rotatable bonds is 5. The predicted molar refractivity (Wildman–Crippen MR) is 95.9 cm³/mol. The number of amides is 1. The quantitative estimate of drug-likeness (QED) is 0.676. The number of anilines is 1. The first-order chi connectivity index (χ1) is 12.7. The van der Waals surface area contributed by atoms with Crippen LogP contribution in [0.3, 0.4) is 0 Å². The van der Waals surface area contributed by atoms with Crippen LogP contribution in [0.25, 0.3) is 5.82 Å². The smallest absolute Gasteiger partial charge is 0.291 e. The van der Waals surface area contributed by atoms with Crippen molar-refractivity contribution in [2.45, 2.75) is 31.4 Å². The molecule has 0 unspecified atom stereocenters. The van der Waals surface area contributed by atoms with Crippen molar-refractivity contribution in [3.63, 3.8) is 0 Å². The minimum Gasteiger partial charge on any atom is -0.438 e. The molecule has 0 aliphatic carbocycles. The van der Waals surface area contributed by atoms with Crippen molar-refractivity contribution in [2.75, 3.05) is 5.32 Å². The lowest BCUT2D eigenvalue weighted by Crippen LogP contribution is -2.40. The van der Waals surface area contributed by atoms with Crippen molar-refractivity contribution in [3.8, 4) is 5.82 Å². The molecule has 3 heterocycles. The molecule has 11 heteroatoms. The Morgan fingerprint density at radius 3 is 2.67 bits per heavy atom. The summed E-state index contributed by atoms with van der Waals surface area (Å²) in [5, 5.41) is 6.27. The molecule has 0 atom stereocenters. The van der Waals surface area contributed by atoms with Crippen molar-refractivity contribution in [2.24, 2.45) is 0 Å². The second-order valence-electron chi connectivity index (χ2n) is 6.64. The lowest BCUT2D eigenvalue weighted by Gasteiger charge is -2.18. The lowest BCUT2D eigenvalue weighted by molar-refractivity contribution is 0.0991. The van der Waals surface area contributed by atoms with Gasteiger partial charge in [0.2, 0.25) is 5.09 Å². The number of nitrogens with zero attached hydrogens (tertiary/aromatic N) is 4. The summed E-state index contributed by atoms with van der Waals surface area (Å²) in [7, 11) is -3.88. The maximum Gasteiger partial charge on any atom is 0.291 e. The summed E-state index contributed by atoms with van der Waals surface area (Å²) in [6, 6.07) is 5.79. The van der Waals surface area contributed by atoms with Gasteiger partial charge in [-0.15, -0.1) is 0 Å². The first-order valence-electron chi connectivity index (χ1n) is 7.91. The van der Waals surface area contributed by atoms with E-state index in [1.807, 2.05) is 0 Å². The second kappa shape index (κ2) is 6.93. The fourth-order valence-corrected chi connectivity index (χ4v) is 3.57. The molecule has 0 aliphatic heterocycles. The number of sulfonamides is 1. The Labute approximate surface area is 155 Å². The van der Waals surface area contributed by atoms with Gasteiger partial charge in [0, 0.05) is 11.7 Å². The van der Waals surface area contributed by atoms with Gasteiger partial charge in [-0.1, -0.05) is 0 Å². The largest absolute Gasteiger partial charge is 0.438 e. The molecule has 0 saturated carbocycles. The van der Waals surface area contributed by atoms with Crippen LogP contribution in [0.4, 0.5) is 5.69 Å².